The van der Waals surface area contributed by atoms with Crippen LogP contribution in [0.4, 0.5) is 0 Å². The molecule has 4 aliphatic carbocycles. The number of carbonyl (C=O) groups excluding carboxylic acids is 2. The number of likely N-dealkylation sites (tertiary alicyclic amines) is 1. The summed E-state index contributed by atoms with van der Waals surface area (Å²) < 4.78 is 29.7. The summed E-state index contributed by atoms with van der Waals surface area (Å²) in [6.07, 6.45) is 5.55. The Morgan fingerprint density at radius 1 is 1.06 bits per heavy atom. The molecule has 6 aliphatic rings. The van der Waals surface area contributed by atoms with Crippen molar-refractivity contribution < 1.29 is 33.3 Å². The van der Waals surface area contributed by atoms with Crippen LogP contribution < -0.4 is 9.47 Å². The van der Waals surface area contributed by atoms with Crippen molar-refractivity contribution >= 4 is 11.9 Å². The minimum Gasteiger partial charge on any atom is -0.493 e. The summed E-state index contributed by atoms with van der Waals surface area (Å²) in [6.45, 7) is 2.86. The maximum atomic E-state index is 13.7. The van der Waals surface area contributed by atoms with Gasteiger partial charge in [0.05, 0.1) is 32.7 Å². The highest BCUT2D eigenvalue weighted by molar-refractivity contribution is 5.88. The van der Waals surface area contributed by atoms with Gasteiger partial charge in [-0.05, 0) is 45.0 Å². The lowest BCUT2D eigenvalue weighted by Crippen LogP contribution is -2.87. The van der Waals surface area contributed by atoms with Gasteiger partial charge in [-0.2, -0.15) is 0 Å². The number of hydrogen-bond donors (Lipinski definition) is 0. The molecule has 1 aromatic carbocycles. The molecule has 1 saturated carbocycles. The number of likely N-dealkylation sites (N-methyl/N-ethyl adjacent to an activating group) is 1. The molecule has 182 valence electrons. The molecule has 0 unspecified atom stereocenters. The molecule has 0 radical (unpaired) electrons. The van der Waals surface area contributed by atoms with Crippen LogP contribution in [0.25, 0.3) is 0 Å². The fourth-order valence-electron chi connectivity index (χ4n) is 8.80. The summed E-state index contributed by atoms with van der Waals surface area (Å²) in [5.74, 6) is -1.34. The molecule has 4 bridgehead atoms. The quantitative estimate of drug-likeness (QED) is 0.488. The van der Waals surface area contributed by atoms with Crippen LogP contribution in [0, 0.1) is 17.3 Å². The smallest absolute Gasteiger partial charge is 0.313 e. The highest BCUT2D eigenvalue weighted by Crippen LogP contribution is 2.79. The number of methoxy groups -OCH3 is 4. The van der Waals surface area contributed by atoms with Gasteiger partial charge < -0.3 is 28.6 Å². The first-order valence-corrected chi connectivity index (χ1v) is 11.8. The summed E-state index contributed by atoms with van der Waals surface area (Å²) in [6, 6.07) is 4.02. The van der Waals surface area contributed by atoms with Crippen molar-refractivity contribution in [2.24, 2.45) is 17.3 Å². The van der Waals surface area contributed by atoms with E-state index in [0.29, 0.717) is 11.5 Å². The third kappa shape index (κ3) is 1.88. The lowest BCUT2D eigenvalue weighted by Gasteiger charge is -2.75. The third-order valence-corrected chi connectivity index (χ3v) is 9.96. The number of hydrogen-bond acceptors (Lipinski definition) is 8. The van der Waals surface area contributed by atoms with Crippen LogP contribution in [-0.4, -0.2) is 76.1 Å². The number of benzene rings is 1. The summed E-state index contributed by atoms with van der Waals surface area (Å²) in [5, 5.41) is 0. The highest BCUT2D eigenvalue weighted by atomic mass is 16.6. The molecule has 7 atom stereocenters. The number of fused-ring (bicyclic) bond motifs is 1. The topological polar surface area (TPSA) is 83.5 Å². The highest BCUT2D eigenvalue weighted by Gasteiger charge is 2.88. The van der Waals surface area contributed by atoms with E-state index in [-0.39, 0.29) is 6.04 Å². The predicted octanol–water partition coefficient (Wildman–Crippen LogP) is 1.88. The monoisotopic (exact) mass is 469 g/mol. The molecule has 1 saturated heterocycles. The Kier molecular flexibility index (Phi) is 4.22. The van der Waals surface area contributed by atoms with Gasteiger partial charge in [-0.3, -0.25) is 9.59 Å². The van der Waals surface area contributed by atoms with Crippen molar-refractivity contribution in [3.05, 3.63) is 35.4 Å². The van der Waals surface area contributed by atoms with E-state index in [4.69, 9.17) is 23.7 Å². The Balaban J connectivity index is 1.80. The van der Waals surface area contributed by atoms with Crippen LogP contribution in [0.1, 0.15) is 24.5 Å². The zero-order valence-corrected chi connectivity index (χ0v) is 20.5. The third-order valence-electron chi connectivity index (χ3n) is 9.96. The van der Waals surface area contributed by atoms with E-state index in [9.17, 15) is 9.59 Å². The first kappa shape index (κ1) is 21.9. The van der Waals surface area contributed by atoms with E-state index in [1.807, 2.05) is 19.1 Å². The molecule has 8 nitrogen and oxygen atoms in total. The van der Waals surface area contributed by atoms with Crippen molar-refractivity contribution in [2.45, 2.75) is 42.4 Å². The fraction of sp³-hybridized carbons (Fsp3) is 0.615. The van der Waals surface area contributed by atoms with Gasteiger partial charge in [0.15, 0.2) is 17.1 Å². The summed E-state index contributed by atoms with van der Waals surface area (Å²) in [7, 11) is 8.03. The number of piperidine rings is 1. The van der Waals surface area contributed by atoms with Crippen molar-refractivity contribution in [1.82, 2.24) is 4.90 Å². The van der Waals surface area contributed by atoms with E-state index >= 15 is 0 Å². The summed E-state index contributed by atoms with van der Waals surface area (Å²) in [5.41, 5.74) is -1.35. The van der Waals surface area contributed by atoms with Crippen molar-refractivity contribution in [2.75, 3.05) is 42.0 Å². The van der Waals surface area contributed by atoms with E-state index in [0.717, 1.165) is 24.9 Å². The second-order valence-electron chi connectivity index (χ2n) is 10.4. The first-order valence-electron chi connectivity index (χ1n) is 11.8. The van der Waals surface area contributed by atoms with Crippen molar-refractivity contribution in [3.8, 4) is 11.5 Å². The second kappa shape index (κ2) is 6.55. The molecular weight excluding hydrogens is 438 g/mol. The Hall–Kier alpha value is -2.58. The molecule has 0 aromatic heterocycles. The van der Waals surface area contributed by atoms with Gasteiger partial charge in [-0.15, -0.1) is 0 Å². The molecule has 2 fully saturated rings. The molecular formula is C26H31NO7. The maximum absolute atomic E-state index is 13.7. The van der Waals surface area contributed by atoms with E-state index in [1.54, 1.807) is 14.2 Å². The normalized spacial score (nSPS) is 42.6. The Labute approximate surface area is 199 Å². The predicted molar refractivity (Wildman–Crippen MR) is 121 cm³/mol. The largest absolute Gasteiger partial charge is 0.493 e. The van der Waals surface area contributed by atoms with Crippen LogP contribution >= 0.6 is 0 Å². The molecule has 2 aliphatic heterocycles. The Morgan fingerprint density at radius 3 is 2.41 bits per heavy atom. The van der Waals surface area contributed by atoms with E-state index in [1.165, 1.54) is 19.8 Å². The number of esters is 2. The molecule has 34 heavy (non-hydrogen) atoms. The van der Waals surface area contributed by atoms with Gasteiger partial charge in [-0.25, -0.2) is 0 Å². The number of carbonyl (C=O) groups is 2. The SMILES string of the molecule is COC(=O)[C@@H]1[C@H](C(=O)OC)[C@]23C=C[C@@]1(OC)[C@]1(C)Oc4c(OC)ccc5c4[C@]21CCN(C)[C@@H]3C5. The minimum atomic E-state index is -1.25. The van der Waals surface area contributed by atoms with Gasteiger partial charge in [-0.1, -0.05) is 18.2 Å². The summed E-state index contributed by atoms with van der Waals surface area (Å²) in [4.78, 5) is 29.5. The average Bonchev–Trinajstić information content (AvgIpc) is 3.14. The van der Waals surface area contributed by atoms with Crippen LogP contribution in [0.3, 0.4) is 0 Å². The fourth-order valence-corrected chi connectivity index (χ4v) is 8.80. The summed E-state index contributed by atoms with van der Waals surface area (Å²) >= 11 is 0. The lowest BCUT2D eigenvalue weighted by molar-refractivity contribution is -0.282. The van der Waals surface area contributed by atoms with Gasteiger partial charge >= 0.3 is 11.9 Å². The number of ether oxygens (including phenoxy) is 5. The first-order chi connectivity index (χ1) is 16.2. The van der Waals surface area contributed by atoms with Crippen molar-refractivity contribution in [1.29, 1.82) is 0 Å². The van der Waals surface area contributed by atoms with Gasteiger partial charge in [0.1, 0.15) is 11.5 Å². The second-order valence-corrected chi connectivity index (χ2v) is 10.4. The van der Waals surface area contributed by atoms with Crippen LogP contribution in [-0.2, 0) is 35.6 Å². The molecule has 2 heterocycles. The zero-order chi connectivity index (χ0) is 24.3. The molecule has 0 amide bonds. The Morgan fingerprint density at radius 2 is 1.76 bits per heavy atom. The number of rotatable bonds is 4. The van der Waals surface area contributed by atoms with Gasteiger partial charge in [0.2, 0.25) is 0 Å². The van der Waals surface area contributed by atoms with Crippen molar-refractivity contribution in [3.63, 3.8) is 0 Å². The van der Waals surface area contributed by atoms with Gasteiger partial charge in [0.25, 0.3) is 0 Å². The molecule has 8 heteroatoms. The standard InChI is InChI=1S/C26H31NO7/c1-23-25-11-12-27(2)16(13-14-7-8-15(30-3)20(34-23)17(14)25)24(25)9-10-26(23,33-6)19(22(29)32-5)18(24)21(28)31-4/h7-10,16,18-19H,11-13H2,1-6H3/t16-,18-,19+,23-,24-,25+,26+/m1/s1. The van der Waals surface area contributed by atoms with Crippen LogP contribution in [0.15, 0.2) is 24.3 Å². The maximum Gasteiger partial charge on any atom is 0.313 e. The minimum absolute atomic E-state index is 0.0429. The lowest BCUT2D eigenvalue weighted by atomic mass is 9.30. The number of nitrogens with zero attached hydrogens (tertiary/aromatic N) is 1. The molecule has 7 rings (SSSR count). The molecule has 2 spiro atoms. The molecule has 0 N–H and O–H groups in total. The van der Waals surface area contributed by atoms with E-state index in [2.05, 4.69) is 24.1 Å². The van der Waals surface area contributed by atoms with Gasteiger partial charge in [0, 0.05) is 24.1 Å². The Bertz CT molecular complexity index is 1150. The van der Waals surface area contributed by atoms with Crippen LogP contribution in [0.2, 0.25) is 0 Å². The molecule has 1 aromatic rings. The van der Waals surface area contributed by atoms with Crippen LogP contribution in [0.5, 0.6) is 11.5 Å². The average molecular weight is 470 g/mol. The zero-order valence-electron chi connectivity index (χ0n) is 20.5. The van der Waals surface area contributed by atoms with E-state index < -0.39 is 45.8 Å².